The fourth-order valence-corrected chi connectivity index (χ4v) is 4.93. The first-order valence-electron chi connectivity index (χ1n) is 13.2. The Bertz CT molecular complexity index is 1220. The minimum Gasteiger partial charge on any atom is -0.494 e. The van der Waals surface area contributed by atoms with Gasteiger partial charge in [-0.05, 0) is 69.1 Å². The van der Waals surface area contributed by atoms with E-state index in [9.17, 15) is 0 Å². The van der Waals surface area contributed by atoms with Crippen molar-refractivity contribution >= 4 is 28.6 Å². The zero-order chi connectivity index (χ0) is 25.8. The lowest BCUT2D eigenvalue weighted by Crippen LogP contribution is -2.44. The molecule has 8 heteroatoms. The summed E-state index contributed by atoms with van der Waals surface area (Å²) < 4.78 is 12.1. The Morgan fingerprint density at radius 3 is 2.38 bits per heavy atom. The quantitative estimate of drug-likeness (QED) is 0.424. The Morgan fingerprint density at radius 2 is 1.65 bits per heavy atom. The topological polar surface area (TPSA) is 79.1 Å². The van der Waals surface area contributed by atoms with E-state index in [2.05, 4.69) is 51.3 Å². The first kappa shape index (κ1) is 25.0. The molecule has 2 fully saturated rings. The zero-order valence-corrected chi connectivity index (χ0v) is 22.2. The normalized spacial score (nSPS) is 16.5. The lowest BCUT2D eigenvalue weighted by atomic mass is 10.1. The number of hydrogen-bond acceptors (Lipinski definition) is 8. The van der Waals surface area contributed by atoms with Crippen LogP contribution in [0.3, 0.4) is 0 Å². The number of nitrogens with one attached hydrogen (secondary N) is 1. The number of piperidine rings is 1. The molecule has 0 atom stereocenters. The molecule has 3 aromatic rings. The van der Waals surface area contributed by atoms with Crippen LogP contribution in [0.2, 0.25) is 0 Å². The molecule has 37 heavy (non-hydrogen) atoms. The van der Waals surface area contributed by atoms with Gasteiger partial charge in [0.2, 0.25) is 5.88 Å². The predicted octanol–water partition coefficient (Wildman–Crippen LogP) is 5.26. The summed E-state index contributed by atoms with van der Waals surface area (Å²) in [5.74, 6) is 2.73. The summed E-state index contributed by atoms with van der Waals surface area (Å²) in [5.41, 5.74) is 10.9. The molecule has 1 aromatic heterocycles. The largest absolute Gasteiger partial charge is 0.494 e. The lowest BCUT2D eigenvalue weighted by molar-refractivity contribution is 0.312. The van der Waals surface area contributed by atoms with Crippen LogP contribution >= 0.6 is 0 Å². The zero-order valence-electron chi connectivity index (χ0n) is 22.2. The molecule has 0 radical (unpaired) electrons. The number of hydrogen-bond donors (Lipinski definition) is 2. The van der Waals surface area contributed by atoms with Crippen molar-refractivity contribution in [2.45, 2.75) is 26.2 Å². The molecule has 0 saturated carbocycles. The van der Waals surface area contributed by atoms with E-state index in [0.717, 1.165) is 62.0 Å². The van der Waals surface area contributed by atoms with Crippen LogP contribution in [0.15, 0.2) is 48.5 Å². The number of nitrogens with two attached hydrogens (primary N) is 1. The molecule has 2 aliphatic heterocycles. The highest BCUT2D eigenvalue weighted by Crippen LogP contribution is 2.37. The Morgan fingerprint density at radius 1 is 0.865 bits per heavy atom. The van der Waals surface area contributed by atoms with Crippen LogP contribution < -0.4 is 30.3 Å². The fourth-order valence-electron chi connectivity index (χ4n) is 4.93. The summed E-state index contributed by atoms with van der Waals surface area (Å²) in [4.78, 5) is 12.0. The summed E-state index contributed by atoms with van der Waals surface area (Å²) in [6.45, 7) is 8.14. The molecule has 0 amide bonds. The van der Waals surface area contributed by atoms with Crippen LogP contribution in [0.1, 0.15) is 24.8 Å². The minimum absolute atomic E-state index is 0.572. The summed E-state index contributed by atoms with van der Waals surface area (Å²) >= 11 is 0. The Hall–Kier alpha value is -3.65. The van der Waals surface area contributed by atoms with Crippen molar-refractivity contribution < 1.29 is 9.47 Å². The second-order valence-corrected chi connectivity index (χ2v) is 9.99. The molecular weight excluding hydrogens is 464 g/mol. The number of likely N-dealkylation sites (N-methyl/N-ethyl adjacent to an activating group) is 1. The van der Waals surface area contributed by atoms with E-state index in [4.69, 9.17) is 20.2 Å². The second-order valence-electron chi connectivity index (χ2n) is 9.99. The second kappa shape index (κ2) is 11.2. The van der Waals surface area contributed by atoms with Gasteiger partial charge in [-0.15, -0.1) is 0 Å². The van der Waals surface area contributed by atoms with Crippen LogP contribution in [0.5, 0.6) is 17.4 Å². The van der Waals surface area contributed by atoms with E-state index in [1.807, 2.05) is 31.2 Å². The highest BCUT2D eigenvalue weighted by Gasteiger charge is 2.20. The maximum Gasteiger partial charge on any atom is 0.245 e. The maximum absolute atomic E-state index is 6.33. The monoisotopic (exact) mass is 502 g/mol. The van der Waals surface area contributed by atoms with Gasteiger partial charge in [0.15, 0.2) is 0 Å². The molecular formula is C29H38N6O2. The number of methoxy groups -OCH3 is 1. The first-order chi connectivity index (χ1) is 18.0. The number of aromatic nitrogens is 1. The Kier molecular flexibility index (Phi) is 7.55. The van der Waals surface area contributed by atoms with E-state index < -0.39 is 0 Å². The summed E-state index contributed by atoms with van der Waals surface area (Å²) in [6.07, 6.45) is 3.61. The third kappa shape index (κ3) is 5.85. The number of nitrogens with zero attached hydrogens (tertiary/aromatic N) is 4. The third-order valence-electron chi connectivity index (χ3n) is 7.32. The molecule has 5 rings (SSSR count). The van der Waals surface area contributed by atoms with Gasteiger partial charge in [0.1, 0.15) is 23.0 Å². The molecule has 8 nitrogen and oxygen atoms in total. The van der Waals surface area contributed by atoms with E-state index >= 15 is 0 Å². The predicted molar refractivity (Wildman–Crippen MR) is 152 cm³/mol. The highest BCUT2D eigenvalue weighted by atomic mass is 16.5. The number of aryl methyl sites for hydroxylation is 1. The van der Waals surface area contributed by atoms with Gasteiger partial charge in [0.25, 0.3) is 0 Å². The molecule has 0 unspecified atom stereocenters. The molecule has 2 saturated heterocycles. The minimum atomic E-state index is 0.572. The van der Waals surface area contributed by atoms with Crippen LogP contribution in [0.4, 0.5) is 28.6 Å². The molecule has 0 bridgehead atoms. The van der Waals surface area contributed by atoms with Crippen LogP contribution in [-0.4, -0.2) is 63.3 Å². The van der Waals surface area contributed by atoms with Gasteiger partial charge < -0.3 is 35.2 Å². The molecule has 3 N–H and O–H groups in total. The van der Waals surface area contributed by atoms with Crippen molar-refractivity contribution in [2.75, 3.05) is 74.3 Å². The number of anilines is 5. The van der Waals surface area contributed by atoms with Gasteiger partial charge in [-0.2, -0.15) is 4.98 Å². The summed E-state index contributed by atoms with van der Waals surface area (Å²) in [6, 6.07) is 16.2. The number of benzene rings is 2. The first-order valence-corrected chi connectivity index (χ1v) is 13.2. The van der Waals surface area contributed by atoms with Gasteiger partial charge in [-0.3, -0.25) is 0 Å². The van der Waals surface area contributed by atoms with Gasteiger partial charge in [-0.1, -0.05) is 6.07 Å². The van der Waals surface area contributed by atoms with E-state index in [1.165, 1.54) is 24.9 Å². The van der Waals surface area contributed by atoms with Crippen molar-refractivity contribution in [3.63, 3.8) is 0 Å². The molecule has 196 valence electrons. The third-order valence-corrected chi connectivity index (χ3v) is 7.32. The summed E-state index contributed by atoms with van der Waals surface area (Å²) in [5, 5.41) is 3.45. The maximum atomic E-state index is 6.33. The lowest BCUT2D eigenvalue weighted by Gasteiger charge is -2.34. The number of pyridine rings is 1. The average Bonchev–Trinajstić information content (AvgIpc) is 2.92. The molecule has 3 heterocycles. The van der Waals surface area contributed by atoms with Crippen molar-refractivity contribution in [3.05, 3.63) is 54.1 Å². The molecule has 2 aromatic carbocycles. The number of rotatable bonds is 7. The van der Waals surface area contributed by atoms with Crippen molar-refractivity contribution in [1.29, 1.82) is 0 Å². The Labute approximate surface area is 220 Å². The SMILES string of the molecule is COc1cc(N2CCN(C)CC2)ccc1Nc1ccc(N2CCCCC2)c(Oc2ccc(C)c(N)c2)n1. The smallest absolute Gasteiger partial charge is 0.245 e. The van der Waals surface area contributed by atoms with Crippen molar-refractivity contribution in [2.24, 2.45) is 0 Å². The van der Waals surface area contributed by atoms with Gasteiger partial charge >= 0.3 is 0 Å². The standard InChI is InChI=1S/C29H38N6O2/c1-21-7-9-23(20-24(21)30)37-29-26(35-13-5-4-6-14-35)11-12-28(32-29)31-25-10-8-22(19-27(25)36-3)34-17-15-33(2)16-18-34/h7-12,19-20H,4-6,13-18,30H2,1-3H3,(H,31,32). The molecule has 2 aliphatic rings. The summed E-state index contributed by atoms with van der Waals surface area (Å²) in [7, 11) is 3.87. The van der Waals surface area contributed by atoms with Crippen molar-refractivity contribution in [3.8, 4) is 17.4 Å². The van der Waals surface area contributed by atoms with Crippen LogP contribution in [0, 0.1) is 6.92 Å². The number of ether oxygens (including phenoxy) is 2. The van der Waals surface area contributed by atoms with E-state index in [-0.39, 0.29) is 0 Å². The Balaban J connectivity index is 1.41. The van der Waals surface area contributed by atoms with Gasteiger partial charge in [-0.25, -0.2) is 0 Å². The van der Waals surface area contributed by atoms with E-state index in [0.29, 0.717) is 23.1 Å². The molecule has 0 aliphatic carbocycles. The highest BCUT2D eigenvalue weighted by molar-refractivity contribution is 5.71. The number of piperazine rings is 1. The van der Waals surface area contributed by atoms with Crippen molar-refractivity contribution in [1.82, 2.24) is 9.88 Å². The van der Waals surface area contributed by atoms with Gasteiger partial charge in [0, 0.05) is 62.8 Å². The average molecular weight is 503 g/mol. The van der Waals surface area contributed by atoms with Crippen LogP contribution in [-0.2, 0) is 0 Å². The fraction of sp³-hybridized carbons (Fsp3) is 0.414. The van der Waals surface area contributed by atoms with Crippen LogP contribution in [0.25, 0.3) is 0 Å². The molecule has 0 spiro atoms. The number of nitrogen functional groups attached to an aromatic ring is 1. The van der Waals surface area contributed by atoms with E-state index in [1.54, 1.807) is 7.11 Å². The van der Waals surface area contributed by atoms with Gasteiger partial charge in [0.05, 0.1) is 12.8 Å².